The summed E-state index contributed by atoms with van der Waals surface area (Å²) in [4.78, 5) is 14.7. The van der Waals surface area contributed by atoms with Crippen LogP contribution in [-0.4, -0.2) is 29.9 Å². The highest BCUT2D eigenvalue weighted by Crippen LogP contribution is 2.23. The summed E-state index contributed by atoms with van der Waals surface area (Å²) in [5.41, 5.74) is 8.48. The van der Waals surface area contributed by atoms with Gasteiger partial charge in [0.05, 0.1) is 0 Å². The van der Waals surface area contributed by atoms with E-state index in [-0.39, 0.29) is 42.7 Å². The van der Waals surface area contributed by atoms with E-state index in [1.54, 1.807) is 0 Å². The number of nitrogens with one attached hydrogen (secondary N) is 1. The van der Waals surface area contributed by atoms with Gasteiger partial charge in [-0.2, -0.15) is 0 Å². The number of rotatable bonds is 6. The van der Waals surface area contributed by atoms with Crippen molar-refractivity contribution in [3.8, 4) is 0 Å². The van der Waals surface area contributed by atoms with Crippen molar-refractivity contribution < 1.29 is 4.79 Å². The Bertz CT molecular complexity index is 525. The monoisotopic (exact) mass is 389 g/mol. The third-order valence-electron chi connectivity index (χ3n) is 4.96. The summed E-state index contributed by atoms with van der Waals surface area (Å²) in [5, 5.41) is 3.12. The van der Waals surface area contributed by atoms with Gasteiger partial charge in [-0.25, -0.2) is 0 Å². The Morgan fingerprint density at radius 3 is 2.48 bits per heavy atom. The van der Waals surface area contributed by atoms with Crippen LogP contribution >= 0.6 is 24.8 Å². The zero-order chi connectivity index (χ0) is 16.8. The zero-order valence-electron chi connectivity index (χ0n) is 15.5. The number of nitrogens with two attached hydrogens (primary N) is 1. The fourth-order valence-electron chi connectivity index (χ4n) is 3.13. The molecule has 3 N–H and O–H groups in total. The maximum absolute atomic E-state index is 12.4. The van der Waals surface area contributed by atoms with Crippen molar-refractivity contribution in [2.24, 2.45) is 11.7 Å². The topological polar surface area (TPSA) is 58.4 Å². The lowest BCUT2D eigenvalue weighted by atomic mass is 9.85. The van der Waals surface area contributed by atoms with Crippen LogP contribution in [0.2, 0.25) is 0 Å². The Balaban J connectivity index is 0.00000288. The van der Waals surface area contributed by atoms with Crippen LogP contribution in [0.5, 0.6) is 0 Å². The van der Waals surface area contributed by atoms with Crippen LogP contribution in [-0.2, 0) is 17.9 Å². The van der Waals surface area contributed by atoms with Gasteiger partial charge in [-0.15, -0.1) is 24.8 Å². The van der Waals surface area contributed by atoms with Crippen LogP contribution in [0.1, 0.15) is 50.7 Å². The summed E-state index contributed by atoms with van der Waals surface area (Å²) >= 11 is 0. The minimum atomic E-state index is 0. The normalized spacial score (nSPS) is 19.9. The molecule has 2 atom stereocenters. The maximum Gasteiger partial charge on any atom is 0.223 e. The molecule has 0 bridgehead atoms. The van der Waals surface area contributed by atoms with Gasteiger partial charge in [0.25, 0.3) is 0 Å². The fraction of sp³-hybridized carbons (Fsp3) is 0.632. The van der Waals surface area contributed by atoms with Crippen LogP contribution in [0.25, 0.3) is 0 Å². The highest BCUT2D eigenvalue weighted by atomic mass is 35.5. The molecule has 0 saturated heterocycles. The van der Waals surface area contributed by atoms with Gasteiger partial charge in [-0.3, -0.25) is 9.69 Å². The predicted molar refractivity (Wildman–Crippen MR) is 109 cm³/mol. The van der Waals surface area contributed by atoms with Crippen molar-refractivity contribution in [2.45, 2.75) is 64.7 Å². The molecule has 1 aliphatic carbocycles. The maximum atomic E-state index is 12.4. The SMILES string of the molecule is CC(C)N(C)Cc1ccccc1CNC(=O)C1CCCC(N)C1.Cl.Cl. The second-order valence-corrected chi connectivity index (χ2v) is 7.12. The molecule has 1 aromatic rings. The molecule has 1 fully saturated rings. The molecule has 1 amide bonds. The first-order chi connectivity index (χ1) is 11.0. The lowest BCUT2D eigenvalue weighted by Crippen LogP contribution is -2.37. The van der Waals surface area contributed by atoms with Crippen molar-refractivity contribution in [3.63, 3.8) is 0 Å². The molecule has 0 aromatic heterocycles. The largest absolute Gasteiger partial charge is 0.352 e. The molecule has 0 radical (unpaired) electrons. The Kier molecular flexibility index (Phi) is 11.4. The molecule has 25 heavy (non-hydrogen) atoms. The quantitative estimate of drug-likeness (QED) is 0.782. The second-order valence-electron chi connectivity index (χ2n) is 7.12. The molecule has 1 aliphatic rings. The van der Waals surface area contributed by atoms with E-state index < -0.39 is 0 Å². The number of carbonyl (C=O) groups excluding carboxylic acids is 1. The summed E-state index contributed by atoms with van der Waals surface area (Å²) in [6.45, 7) is 5.89. The first-order valence-corrected chi connectivity index (χ1v) is 8.77. The molecule has 1 saturated carbocycles. The van der Waals surface area contributed by atoms with Crippen molar-refractivity contribution in [3.05, 3.63) is 35.4 Å². The minimum Gasteiger partial charge on any atom is -0.352 e. The number of hydrogen-bond acceptors (Lipinski definition) is 3. The first kappa shape index (κ1) is 24.2. The van der Waals surface area contributed by atoms with Crippen LogP contribution in [0.4, 0.5) is 0 Å². The third-order valence-corrected chi connectivity index (χ3v) is 4.96. The molecule has 2 rings (SSSR count). The zero-order valence-corrected chi connectivity index (χ0v) is 17.2. The highest BCUT2D eigenvalue weighted by Gasteiger charge is 2.25. The standard InChI is InChI=1S/C19H31N3O.2ClH/c1-14(2)22(3)13-17-8-5-4-7-16(17)12-21-19(23)15-9-6-10-18(20)11-15;;/h4-5,7-8,14-15,18H,6,9-13,20H2,1-3H3,(H,21,23);2*1H. The van der Waals surface area contributed by atoms with Gasteiger partial charge in [-0.05, 0) is 51.3 Å². The summed E-state index contributed by atoms with van der Waals surface area (Å²) in [7, 11) is 2.13. The lowest BCUT2D eigenvalue weighted by molar-refractivity contribution is -0.126. The molecule has 144 valence electrons. The molecule has 0 aliphatic heterocycles. The number of carbonyl (C=O) groups is 1. The predicted octanol–water partition coefficient (Wildman–Crippen LogP) is 3.50. The van der Waals surface area contributed by atoms with Gasteiger partial charge in [0, 0.05) is 31.1 Å². The molecule has 2 unspecified atom stereocenters. The Labute approximate surface area is 164 Å². The van der Waals surface area contributed by atoms with E-state index in [0.29, 0.717) is 12.6 Å². The van der Waals surface area contributed by atoms with Crippen molar-refractivity contribution >= 4 is 30.7 Å². The lowest BCUT2D eigenvalue weighted by Gasteiger charge is -2.26. The van der Waals surface area contributed by atoms with E-state index in [9.17, 15) is 4.79 Å². The number of nitrogens with zero attached hydrogens (tertiary/aromatic N) is 1. The number of hydrogen-bond donors (Lipinski definition) is 2. The van der Waals surface area contributed by atoms with Crippen molar-refractivity contribution in [1.29, 1.82) is 0 Å². The molecular weight excluding hydrogens is 357 g/mol. The van der Waals surface area contributed by atoms with Gasteiger partial charge in [-0.1, -0.05) is 30.7 Å². The molecule has 1 aromatic carbocycles. The van der Waals surface area contributed by atoms with Gasteiger partial charge >= 0.3 is 0 Å². The van der Waals surface area contributed by atoms with E-state index in [2.05, 4.69) is 49.3 Å². The average Bonchev–Trinajstić information content (AvgIpc) is 2.53. The van der Waals surface area contributed by atoms with E-state index in [1.165, 1.54) is 11.1 Å². The van der Waals surface area contributed by atoms with Gasteiger partial charge < -0.3 is 11.1 Å². The number of halogens is 2. The molecule has 0 heterocycles. The van der Waals surface area contributed by atoms with Crippen molar-refractivity contribution in [1.82, 2.24) is 10.2 Å². The Hall–Kier alpha value is -0.810. The molecule has 4 nitrogen and oxygen atoms in total. The van der Waals surface area contributed by atoms with E-state index in [4.69, 9.17) is 5.73 Å². The smallest absolute Gasteiger partial charge is 0.223 e. The van der Waals surface area contributed by atoms with Crippen LogP contribution in [0, 0.1) is 5.92 Å². The third kappa shape index (κ3) is 7.53. The summed E-state index contributed by atoms with van der Waals surface area (Å²) < 4.78 is 0. The summed E-state index contributed by atoms with van der Waals surface area (Å²) in [6, 6.07) is 9.05. The summed E-state index contributed by atoms with van der Waals surface area (Å²) in [5.74, 6) is 0.247. The van der Waals surface area contributed by atoms with E-state index in [0.717, 1.165) is 32.2 Å². The summed E-state index contributed by atoms with van der Waals surface area (Å²) in [6.07, 6.45) is 3.91. The fourth-order valence-corrected chi connectivity index (χ4v) is 3.13. The Morgan fingerprint density at radius 1 is 1.24 bits per heavy atom. The number of amides is 1. The van der Waals surface area contributed by atoms with E-state index >= 15 is 0 Å². The minimum absolute atomic E-state index is 0. The molecule has 6 heteroatoms. The highest BCUT2D eigenvalue weighted by molar-refractivity contribution is 5.85. The van der Waals surface area contributed by atoms with Crippen LogP contribution in [0.3, 0.4) is 0 Å². The number of benzene rings is 1. The van der Waals surface area contributed by atoms with E-state index in [1.807, 2.05) is 6.07 Å². The second kappa shape index (κ2) is 11.7. The van der Waals surface area contributed by atoms with Crippen molar-refractivity contribution in [2.75, 3.05) is 7.05 Å². The molecular formula is C19H33Cl2N3O. The average molecular weight is 390 g/mol. The van der Waals surface area contributed by atoms with Gasteiger partial charge in [0.15, 0.2) is 0 Å². The van der Waals surface area contributed by atoms with Gasteiger partial charge in [0.1, 0.15) is 0 Å². The van der Waals surface area contributed by atoms with Gasteiger partial charge in [0.2, 0.25) is 5.91 Å². The Morgan fingerprint density at radius 2 is 1.88 bits per heavy atom. The molecule has 0 spiro atoms. The van der Waals surface area contributed by atoms with Crippen LogP contribution in [0.15, 0.2) is 24.3 Å². The first-order valence-electron chi connectivity index (χ1n) is 8.77. The van der Waals surface area contributed by atoms with Crippen LogP contribution < -0.4 is 11.1 Å².